The Kier molecular flexibility index (Phi) is 4.10. The minimum atomic E-state index is -3.96. The third-order valence-corrected chi connectivity index (χ3v) is 3.87. The molecule has 0 amide bonds. The van der Waals surface area contributed by atoms with Crippen LogP contribution < -0.4 is 0 Å². The number of nitrogens with zero attached hydrogens (tertiary/aromatic N) is 3. The first-order valence-electron chi connectivity index (χ1n) is 5.92. The van der Waals surface area contributed by atoms with Crippen LogP contribution in [0.4, 0.5) is 4.39 Å². The van der Waals surface area contributed by atoms with Crippen LogP contribution in [0, 0.1) is 5.82 Å². The molecule has 0 unspecified atom stereocenters. The predicted octanol–water partition coefficient (Wildman–Crippen LogP) is 2.52. The van der Waals surface area contributed by atoms with Crippen LogP contribution in [-0.2, 0) is 15.5 Å². The molecule has 0 aliphatic heterocycles. The number of aromatic nitrogens is 3. The number of halogens is 2. The van der Waals surface area contributed by atoms with Gasteiger partial charge in [-0.15, -0.1) is 10.2 Å². The summed E-state index contributed by atoms with van der Waals surface area (Å²) in [5.41, 5.74) is 0.805. The van der Waals surface area contributed by atoms with Gasteiger partial charge >= 0.3 is 0 Å². The van der Waals surface area contributed by atoms with Crippen LogP contribution in [0.3, 0.4) is 0 Å². The molecule has 8 heteroatoms. The third kappa shape index (κ3) is 3.16. The molecule has 0 aliphatic rings. The summed E-state index contributed by atoms with van der Waals surface area (Å²) in [5, 5.41) is 7.25. The minimum absolute atomic E-state index is 0.163. The molecule has 0 bridgehead atoms. The van der Waals surface area contributed by atoms with E-state index in [0.29, 0.717) is 12.2 Å². The lowest BCUT2D eigenvalue weighted by Gasteiger charge is -2.12. The van der Waals surface area contributed by atoms with Crippen LogP contribution in [0.1, 0.15) is 31.3 Å². The minimum Gasteiger partial charge on any atom is -0.298 e. The zero-order valence-electron chi connectivity index (χ0n) is 10.9. The molecule has 0 radical (unpaired) electrons. The lowest BCUT2D eigenvalue weighted by atomic mass is 10.1. The van der Waals surface area contributed by atoms with E-state index in [-0.39, 0.29) is 17.0 Å². The molecule has 0 atom stereocenters. The maximum Gasteiger partial charge on any atom is 0.296 e. The highest BCUT2D eigenvalue weighted by molar-refractivity contribution is 8.13. The molecule has 2 aromatic rings. The first-order valence-corrected chi connectivity index (χ1v) is 8.23. The molecule has 0 N–H and O–H groups in total. The Bertz CT molecular complexity index is 711. The third-order valence-electron chi connectivity index (χ3n) is 2.75. The second-order valence-electron chi connectivity index (χ2n) is 4.60. The molecule has 0 fully saturated rings. The van der Waals surface area contributed by atoms with Crippen molar-refractivity contribution >= 4 is 19.7 Å². The average Bonchev–Trinajstić information content (AvgIpc) is 2.75. The fraction of sp³-hybridized carbons (Fsp3) is 0.333. The topological polar surface area (TPSA) is 64.8 Å². The number of hydrogen-bond donors (Lipinski definition) is 0. The summed E-state index contributed by atoms with van der Waals surface area (Å²) < 4.78 is 37.2. The van der Waals surface area contributed by atoms with E-state index < -0.39 is 9.05 Å². The van der Waals surface area contributed by atoms with Crippen LogP contribution >= 0.6 is 10.7 Å². The maximum atomic E-state index is 12.9. The Hall–Kier alpha value is -1.47. The molecular formula is C12H13ClFN3O2S. The molecule has 1 aromatic heterocycles. The van der Waals surface area contributed by atoms with Crippen LogP contribution in [0.5, 0.6) is 0 Å². The van der Waals surface area contributed by atoms with E-state index in [2.05, 4.69) is 10.2 Å². The van der Waals surface area contributed by atoms with Gasteiger partial charge in [-0.2, -0.15) is 0 Å². The Morgan fingerprint density at radius 2 is 1.85 bits per heavy atom. The smallest absolute Gasteiger partial charge is 0.296 e. The van der Waals surface area contributed by atoms with Crippen molar-refractivity contribution in [3.63, 3.8) is 0 Å². The van der Waals surface area contributed by atoms with Crippen molar-refractivity contribution in [3.05, 3.63) is 41.5 Å². The van der Waals surface area contributed by atoms with Crippen molar-refractivity contribution in [1.29, 1.82) is 0 Å². The molecular weight excluding hydrogens is 305 g/mol. The van der Waals surface area contributed by atoms with Crippen LogP contribution in [0.25, 0.3) is 0 Å². The van der Waals surface area contributed by atoms with Crippen LogP contribution in [0.15, 0.2) is 29.4 Å². The molecule has 5 nitrogen and oxygen atoms in total. The fourth-order valence-electron chi connectivity index (χ4n) is 1.90. The number of rotatable bonds is 4. The van der Waals surface area contributed by atoms with E-state index in [0.717, 1.165) is 5.56 Å². The van der Waals surface area contributed by atoms with Crippen LogP contribution in [-0.4, -0.2) is 23.2 Å². The summed E-state index contributed by atoms with van der Waals surface area (Å²) in [7, 11) is 1.39. The van der Waals surface area contributed by atoms with Crippen molar-refractivity contribution in [2.45, 2.75) is 31.5 Å². The molecule has 2 rings (SSSR count). The van der Waals surface area contributed by atoms with Gasteiger partial charge in [0.1, 0.15) is 11.6 Å². The maximum absolute atomic E-state index is 12.9. The second-order valence-corrected chi connectivity index (χ2v) is 7.06. The molecule has 0 saturated carbocycles. The van der Waals surface area contributed by atoms with E-state index in [9.17, 15) is 12.8 Å². The molecule has 0 aliphatic carbocycles. The summed E-state index contributed by atoms with van der Waals surface area (Å²) >= 11 is 0. The van der Waals surface area contributed by atoms with Gasteiger partial charge in [0, 0.05) is 23.1 Å². The van der Waals surface area contributed by atoms with E-state index in [4.69, 9.17) is 10.7 Å². The van der Waals surface area contributed by atoms with Gasteiger partial charge in [0.2, 0.25) is 0 Å². The summed E-state index contributed by atoms with van der Waals surface area (Å²) in [6.45, 7) is 3.62. The molecule has 0 spiro atoms. The van der Waals surface area contributed by atoms with Gasteiger partial charge in [-0.3, -0.25) is 4.57 Å². The molecule has 108 valence electrons. The van der Waals surface area contributed by atoms with E-state index in [1.807, 2.05) is 13.8 Å². The first-order chi connectivity index (χ1) is 9.29. The quantitative estimate of drug-likeness (QED) is 0.813. The molecule has 20 heavy (non-hydrogen) atoms. The Morgan fingerprint density at radius 1 is 1.25 bits per heavy atom. The summed E-state index contributed by atoms with van der Waals surface area (Å²) in [6, 6.07) is 5.74. The van der Waals surface area contributed by atoms with Crippen molar-refractivity contribution in [2.24, 2.45) is 0 Å². The van der Waals surface area contributed by atoms with Crippen LogP contribution in [0.2, 0.25) is 0 Å². The average molecular weight is 318 g/mol. The van der Waals surface area contributed by atoms with Gasteiger partial charge in [-0.1, -0.05) is 12.1 Å². The molecule has 1 heterocycles. The van der Waals surface area contributed by atoms with E-state index >= 15 is 0 Å². The largest absolute Gasteiger partial charge is 0.298 e. The van der Waals surface area contributed by atoms with Gasteiger partial charge in [0.15, 0.2) is 0 Å². The lowest BCUT2D eigenvalue weighted by Crippen LogP contribution is -2.12. The zero-order chi connectivity index (χ0) is 14.9. The standard InChI is InChI=1S/C12H13ClFN3O2S/c1-8(2)17-11(15-16-12(17)20(13,18)19)7-9-3-5-10(14)6-4-9/h3-6,8H,7H2,1-2H3. The second kappa shape index (κ2) is 5.49. The fourth-order valence-corrected chi connectivity index (χ4v) is 2.90. The van der Waals surface area contributed by atoms with Gasteiger partial charge in [0.25, 0.3) is 14.2 Å². The highest BCUT2D eigenvalue weighted by atomic mass is 35.7. The normalized spacial score (nSPS) is 12.1. The number of hydrogen-bond acceptors (Lipinski definition) is 4. The van der Waals surface area contributed by atoms with Crippen molar-refractivity contribution < 1.29 is 12.8 Å². The summed E-state index contributed by atoms with van der Waals surface area (Å²) in [4.78, 5) is 0. The number of benzene rings is 1. The summed E-state index contributed by atoms with van der Waals surface area (Å²) in [5.74, 6) is 0.133. The highest BCUT2D eigenvalue weighted by Gasteiger charge is 2.24. The first kappa shape index (κ1) is 14.9. The zero-order valence-corrected chi connectivity index (χ0v) is 12.5. The highest BCUT2D eigenvalue weighted by Crippen LogP contribution is 2.21. The monoisotopic (exact) mass is 317 g/mol. The summed E-state index contributed by atoms with van der Waals surface area (Å²) in [6.07, 6.45) is 0.345. The van der Waals surface area contributed by atoms with Crippen molar-refractivity contribution in [2.75, 3.05) is 0 Å². The van der Waals surface area contributed by atoms with Gasteiger partial charge in [-0.05, 0) is 31.5 Å². The van der Waals surface area contributed by atoms with Gasteiger partial charge in [0.05, 0.1) is 0 Å². The van der Waals surface area contributed by atoms with Gasteiger partial charge in [-0.25, -0.2) is 12.8 Å². The lowest BCUT2D eigenvalue weighted by molar-refractivity contribution is 0.512. The van der Waals surface area contributed by atoms with Gasteiger partial charge < -0.3 is 0 Å². The van der Waals surface area contributed by atoms with Crippen molar-refractivity contribution in [3.8, 4) is 0 Å². The Balaban J connectivity index is 2.42. The molecule has 0 saturated heterocycles. The Morgan fingerprint density at radius 3 is 2.35 bits per heavy atom. The van der Waals surface area contributed by atoms with E-state index in [1.54, 1.807) is 12.1 Å². The van der Waals surface area contributed by atoms with E-state index in [1.165, 1.54) is 16.7 Å². The Labute approximate surface area is 120 Å². The predicted molar refractivity (Wildman–Crippen MR) is 72.7 cm³/mol. The SMILES string of the molecule is CC(C)n1c(Cc2ccc(F)cc2)nnc1S(=O)(=O)Cl. The molecule has 1 aromatic carbocycles. The van der Waals surface area contributed by atoms with Crippen molar-refractivity contribution in [1.82, 2.24) is 14.8 Å².